The number of carbonyl (C=O) groups is 1. The van der Waals surface area contributed by atoms with Crippen LogP contribution in [-0.4, -0.2) is 22.4 Å². The van der Waals surface area contributed by atoms with E-state index in [-0.39, 0.29) is 22.6 Å². The fourth-order valence-corrected chi connectivity index (χ4v) is 2.91. The standard InChI is InChI=1S/C15H13FO4S/c1-20-13-4-2-3-11(14(13)16)9-21(19)12-7-5-10(6-8-12)15(17)18/h2-8H,9H2,1H3,(H,17,18). The summed E-state index contributed by atoms with van der Waals surface area (Å²) < 4.78 is 31.1. The fourth-order valence-electron chi connectivity index (χ4n) is 1.80. The minimum Gasteiger partial charge on any atom is -0.494 e. The first kappa shape index (κ1) is 15.2. The van der Waals surface area contributed by atoms with Gasteiger partial charge in [-0.1, -0.05) is 12.1 Å². The van der Waals surface area contributed by atoms with Crippen molar-refractivity contribution < 1.29 is 23.2 Å². The van der Waals surface area contributed by atoms with Crippen molar-refractivity contribution in [1.29, 1.82) is 0 Å². The van der Waals surface area contributed by atoms with Crippen LogP contribution in [0.1, 0.15) is 15.9 Å². The van der Waals surface area contributed by atoms with Crippen LogP contribution in [0.3, 0.4) is 0 Å². The molecule has 0 aliphatic rings. The van der Waals surface area contributed by atoms with Gasteiger partial charge in [0.25, 0.3) is 0 Å². The van der Waals surface area contributed by atoms with Gasteiger partial charge in [-0.2, -0.15) is 0 Å². The van der Waals surface area contributed by atoms with Crippen LogP contribution in [0, 0.1) is 5.82 Å². The molecule has 1 N–H and O–H groups in total. The average molecular weight is 308 g/mol. The smallest absolute Gasteiger partial charge is 0.335 e. The van der Waals surface area contributed by atoms with Crippen molar-refractivity contribution in [2.75, 3.05) is 7.11 Å². The molecule has 1 atom stereocenters. The van der Waals surface area contributed by atoms with E-state index < -0.39 is 22.6 Å². The number of carboxylic acids is 1. The largest absolute Gasteiger partial charge is 0.494 e. The highest BCUT2D eigenvalue weighted by atomic mass is 32.2. The molecule has 4 nitrogen and oxygen atoms in total. The van der Waals surface area contributed by atoms with Crippen LogP contribution < -0.4 is 4.74 Å². The number of rotatable bonds is 5. The molecule has 2 aromatic rings. The monoisotopic (exact) mass is 308 g/mol. The molecular formula is C15H13FO4S. The molecular weight excluding hydrogens is 295 g/mol. The van der Waals surface area contributed by atoms with Crippen LogP contribution in [0.4, 0.5) is 4.39 Å². The van der Waals surface area contributed by atoms with E-state index in [2.05, 4.69) is 0 Å². The van der Waals surface area contributed by atoms with Crippen molar-refractivity contribution in [3.05, 3.63) is 59.4 Å². The molecule has 110 valence electrons. The van der Waals surface area contributed by atoms with Crippen LogP contribution in [0.2, 0.25) is 0 Å². The third kappa shape index (κ3) is 3.46. The predicted molar refractivity (Wildman–Crippen MR) is 76.5 cm³/mol. The molecule has 0 fully saturated rings. The number of methoxy groups -OCH3 is 1. The maximum atomic E-state index is 14.0. The zero-order chi connectivity index (χ0) is 15.4. The summed E-state index contributed by atoms with van der Waals surface area (Å²) in [5.74, 6) is -1.48. The average Bonchev–Trinajstić information content (AvgIpc) is 2.49. The maximum Gasteiger partial charge on any atom is 0.335 e. The minimum atomic E-state index is -1.46. The molecule has 2 rings (SSSR count). The summed E-state index contributed by atoms with van der Waals surface area (Å²) in [5.41, 5.74) is 0.401. The van der Waals surface area contributed by atoms with Crippen molar-refractivity contribution in [2.24, 2.45) is 0 Å². The van der Waals surface area contributed by atoms with Gasteiger partial charge in [0.1, 0.15) is 0 Å². The van der Waals surface area contributed by atoms with E-state index in [1.807, 2.05) is 0 Å². The van der Waals surface area contributed by atoms with Crippen molar-refractivity contribution in [3.63, 3.8) is 0 Å². The molecule has 0 amide bonds. The molecule has 0 radical (unpaired) electrons. The van der Waals surface area contributed by atoms with Crippen molar-refractivity contribution in [1.82, 2.24) is 0 Å². The summed E-state index contributed by atoms with van der Waals surface area (Å²) in [7, 11) is -0.100. The normalized spacial score (nSPS) is 11.9. The molecule has 2 aromatic carbocycles. The lowest BCUT2D eigenvalue weighted by Crippen LogP contribution is -2.02. The zero-order valence-corrected chi connectivity index (χ0v) is 12.0. The summed E-state index contributed by atoms with van der Waals surface area (Å²) in [4.78, 5) is 11.2. The first-order valence-corrected chi connectivity index (χ1v) is 7.38. The molecule has 0 saturated carbocycles. The Balaban J connectivity index is 2.20. The van der Waals surface area contributed by atoms with Crippen LogP contribution in [0.15, 0.2) is 47.4 Å². The first-order chi connectivity index (χ1) is 10.0. The Morgan fingerprint density at radius 1 is 1.24 bits per heavy atom. The third-order valence-electron chi connectivity index (χ3n) is 2.91. The summed E-state index contributed by atoms with van der Waals surface area (Å²) in [5, 5.41) is 8.80. The Morgan fingerprint density at radius 2 is 1.90 bits per heavy atom. The van der Waals surface area contributed by atoms with E-state index >= 15 is 0 Å². The zero-order valence-electron chi connectivity index (χ0n) is 11.2. The van der Waals surface area contributed by atoms with E-state index in [0.717, 1.165) is 0 Å². The second-order valence-corrected chi connectivity index (χ2v) is 5.70. The Kier molecular flexibility index (Phi) is 4.70. The number of ether oxygens (including phenoxy) is 1. The highest BCUT2D eigenvalue weighted by molar-refractivity contribution is 7.84. The summed E-state index contributed by atoms with van der Waals surface area (Å²) in [6.07, 6.45) is 0. The second-order valence-electron chi connectivity index (χ2n) is 4.25. The Morgan fingerprint density at radius 3 is 2.48 bits per heavy atom. The quantitative estimate of drug-likeness (QED) is 0.922. The highest BCUT2D eigenvalue weighted by Gasteiger charge is 2.13. The summed E-state index contributed by atoms with van der Waals surface area (Å²) >= 11 is 0. The molecule has 1 unspecified atom stereocenters. The number of aromatic carboxylic acids is 1. The minimum absolute atomic E-state index is 0.00451. The SMILES string of the molecule is COc1cccc(CS(=O)c2ccc(C(=O)O)cc2)c1F. The van der Waals surface area contributed by atoms with Crippen molar-refractivity contribution in [2.45, 2.75) is 10.6 Å². The van der Waals surface area contributed by atoms with Crippen molar-refractivity contribution in [3.8, 4) is 5.75 Å². The van der Waals surface area contributed by atoms with Crippen LogP contribution in [-0.2, 0) is 16.6 Å². The Bertz CT molecular complexity index is 683. The van der Waals surface area contributed by atoms with Gasteiger partial charge in [0.2, 0.25) is 0 Å². The van der Waals surface area contributed by atoms with E-state index in [4.69, 9.17) is 9.84 Å². The number of halogens is 1. The van der Waals surface area contributed by atoms with Crippen molar-refractivity contribution >= 4 is 16.8 Å². The third-order valence-corrected chi connectivity index (χ3v) is 4.29. The molecule has 0 heterocycles. The summed E-state index contributed by atoms with van der Waals surface area (Å²) in [6, 6.07) is 10.3. The van der Waals surface area contributed by atoms with Crippen LogP contribution in [0.5, 0.6) is 5.75 Å². The number of carboxylic acid groups (broad SMARTS) is 1. The molecule has 0 spiro atoms. The lowest BCUT2D eigenvalue weighted by Gasteiger charge is -2.07. The molecule has 0 aromatic heterocycles. The van der Waals surface area contributed by atoms with Gasteiger partial charge < -0.3 is 9.84 Å². The highest BCUT2D eigenvalue weighted by Crippen LogP contribution is 2.22. The van der Waals surface area contributed by atoms with Gasteiger partial charge in [0.15, 0.2) is 11.6 Å². The van der Waals surface area contributed by atoms with Gasteiger partial charge in [-0.15, -0.1) is 0 Å². The van der Waals surface area contributed by atoms with Crippen LogP contribution in [0.25, 0.3) is 0 Å². The second kappa shape index (κ2) is 6.49. The Labute approximate surface area is 123 Å². The van der Waals surface area contributed by atoms with E-state index in [9.17, 15) is 13.4 Å². The van der Waals surface area contributed by atoms with Crippen LogP contribution >= 0.6 is 0 Å². The van der Waals surface area contributed by atoms with Gasteiger partial charge in [0, 0.05) is 10.5 Å². The molecule has 0 saturated heterocycles. The fraction of sp³-hybridized carbons (Fsp3) is 0.133. The van der Waals surface area contributed by atoms with Gasteiger partial charge in [0.05, 0.1) is 29.2 Å². The molecule has 6 heteroatoms. The van der Waals surface area contributed by atoms with Gasteiger partial charge >= 0.3 is 5.97 Å². The number of benzene rings is 2. The van der Waals surface area contributed by atoms with Gasteiger partial charge in [-0.3, -0.25) is 4.21 Å². The molecule has 21 heavy (non-hydrogen) atoms. The predicted octanol–water partition coefficient (Wildman–Crippen LogP) is 2.84. The molecule has 0 bridgehead atoms. The number of hydrogen-bond donors (Lipinski definition) is 1. The Hall–Kier alpha value is -2.21. The maximum absolute atomic E-state index is 14.0. The van der Waals surface area contributed by atoms with E-state index in [1.54, 1.807) is 12.1 Å². The lowest BCUT2D eigenvalue weighted by molar-refractivity contribution is 0.0697. The van der Waals surface area contributed by atoms with E-state index in [0.29, 0.717) is 4.90 Å². The van der Waals surface area contributed by atoms with Gasteiger partial charge in [-0.25, -0.2) is 9.18 Å². The van der Waals surface area contributed by atoms with E-state index in [1.165, 1.54) is 37.4 Å². The topological polar surface area (TPSA) is 63.6 Å². The lowest BCUT2D eigenvalue weighted by atomic mass is 10.2. The number of hydrogen-bond acceptors (Lipinski definition) is 3. The molecule has 0 aliphatic carbocycles. The first-order valence-electron chi connectivity index (χ1n) is 6.06. The molecule has 0 aliphatic heterocycles. The summed E-state index contributed by atoms with van der Waals surface area (Å²) in [6.45, 7) is 0. The van der Waals surface area contributed by atoms with Gasteiger partial charge in [-0.05, 0) is 30.3 Å².